The lowest BCUT2D eigenvalue weighted by molar-refractivity contribution is -0.211. The van der Waals surface area contributed by atoms with Crippen molar-refractivity contribution in [2.75, 3.05) is 12.8 Å². The van der Waals surface area contributed by atoms with E-state index in [1.165, 1.54) is 12.3 Å². The maximum Gasteiger partial charge on any atom is 0.394 e. The number of hydrogen-bond donors (Lipinski definition) is 1. The smallest absolute Gasteiger partial charge is 0.394 e. The zero-order valence-electron chi connectivity index (χ0n) is 22.6. The fourth-order valence-corrected chi connectivity index (χ4v) is 5.94. The largest absolute Gasteiger partial charge is 0.433 e. The van der Waals surface area contributed by atoms with Gasteiger partial charge in [-0.2, -0.15) is 26.3 Å². The Morgan fingerprint density at radius 2 is 1.80 bits per heavy atom. The van der Waals surface area contributed by atoms with Crippen LogP contribution in [0.4, 0.5) is 26.3 Å². The number of nitrogens with one attached hydrogen (secondary N) is 1. The van der Waals surface area contributed by atoms with Crippen LogP contribution < -0.4 is 10.1 Å². The molecule has 0 radical (unpaired) electrons. The van der Waals surface area contributed by atoms with E-state index in [1.807, 2.05) is 0 Å². The van der Waals surface area contributed by atoms with E-state index in [0.717, 1.165) is 30.5 Å². The molecule has 0 aliphatic heterocycles. The number of aryl methyl sites for hydroxylation is 1. The van der Waals surface area contributed by atoms with Gasteiger partial charge >= 0.3 is 12.8 Å². The second kappa shape index (κ2) is 12.0. The Morgan fingerprint density at radius 3 is 2.33 bits per heavy atom. The molecule has 1 aromatic heterocycles. The van der Waals surface area contributed by atoms with Crippen LogP contribution in [0.1, 0.15) is 68.3 Å². The third-order valence-corrected chi connectivity index (χ3v) is 8.95. The third kappa shape index (κ3) is 7.29. The summed E-state index contributed by atoms with van der Waals surface area (Å²) in [5.41, 5.74) is -2.94. The van der Waals surface area contributed by atoms with Gasteiger partial charge in [-0.15, -0.1) is 0 Å². The number of aromatic nitrogens is 2. The highest BCUT2D eigenvalue weighted by atomic mass is 32.2. The monoisotopic (exact) mass is 597 g/mol. The number of sulfone groups is 1. The van der Waals surface area contributed by atoms with Crippen LogP contribution in [-0.2, 0) is 22.7 Å². The van der Waals surface area contributed by atoms with Gasteiger partial charge in [0, 0.05) is 19.2 Å². The van der Waals surface area contributed by atoms with Crippen LogP contribution in [-0.4, -0.2) is 54.7 Å². The van der Waals surface area contributed by atoms with Crippen molar-refractivity contribution in [3.63, 3.8) is 0 Å². The summed E-state index contributed by atoms with van der Waals surface area (Å²) in [4.78, 5) is 16.9. The number of imidazole rings is 1. The van der Waals surface area contributed by atoms with Gasteiger partial charge in [0.05, 0.1) is 16.4 Å². The van der Waals surface area contributed by atoms with E-state index in [4.69, 9.17) is 0 Å². The Balaban J connectivity index is 1.86. The quantitative estimate of drug-likeness (QED) is 0.358. The highest BCUT2D eigenvalue weighted by Gasteiger charge is 2.47. The van der Waals surface area contributed by atoms with Crippen LogP contribution in [0.15, 0.2) is 18.2 Å². The Bertz CT molecular complexity index is 1320. The lowest BCUT2D eigenvalue weighted by atomic mass is 9.85. The van der Waals surface area contributed by atoms with Crippen LogP contribution in [0, 0.1) is 17.3 Å². The summed E-state index contributed by atoms with van der Waals surface area (Å²) in [7, 11) is -3.15. The highest BCUT2D eigenvalue weighted by molar-refractivity contribution is 7.91. The number of carbonyl (C=O) groups excluding carboxylic acids is 1. The van der Waals surface area contributed by atoms with E-state index in [0.29, 0.717) is 25.7 Å². The van der Waals surface area contributed by atoms with Gasteiger partial charge in [-0.05, 0) is 55.7 Å². The normalized spacial score (nSPS) is 18.7. The Hall–Kier alpha value is -2.77. The SMILES string of the molecule is CCc1nc(C(=O)NC[C@H]2CC[C@H](S(C)(=O)=O)CC2)c(F)n1-c1ccc(CC(C)(C)C(F)(F)F)cc1OC(F)F. The summed E-state index contributed by atoms with van der Waals surface area (Å²) in [6.07, 6.45) is -1.74. The number of nitrogens with zero attached hydrogens (tertiary/aromatic N) is 2. The van der Waals surface area contributed by atoms with Crippen molar-refractivity contribution in [1.29, 1.82) is 0 Å². The van der Waals surface area contributed by atoms with E-state index in [9.17, 15) is 35.2 Å². The van der Waals surface area contributed by atoms with Gasteiger partial charge in [0.25, 0.3) is 5.91 Å². The summed E-state index contributed by atoms with van der Waals surface area (Å²) >= 11 is 0. The molecular weight excluding hydrogens is 564 g/mol. The zero-order valence-corrected chi connectivity index (χ0v) is 23.4. The van der Waals surface area contributed by atoms with Gasteiger partial charge in [0.1, 0.15) is 15.7 Å². The average Bonchev–Trinajstić information content (AvgIpc) is 3.17. The minimum Gasteiger partial charge on any atom is -0.433 e. The molecule has 7 nitrogen and oxygen atoms in total. The first-order valence-electron chi connectivity index (χ1n) is 12.8. The Labute approximate surface area is 229 Å². The van der Waals surface area contributed by atoms with E-state index in [-0.39, 0.29) is 36.0 Å². The molecule has 1 saturated carbocycles. The van der Waals surface area contributed by atoms with E-state index in [2.05, 4.69) is 15.0 Å². The lowest BCUT2D eigenvalue weighted by Gasteiger charge is -2.28. The van der Waals surface area contributed by atoms with Crippen LogP contribution in [0.3, 0.4) is 0 Å². The minimum absolute atomic E-state index is 0.00252. The first-order valence-corrected chi connectivity index (χ1v) is 14.8. The van der Waals surface area contributed by atoms with Gasteiger partial charge in [0.2, 0.25) is 5.95 Å². The minimum atomic E-state index is -4.56. The number of benzene rings is 1. The molecule has 0 spiro atoms. The molecule has 14 heteroatoms. The molecule has 1 fully saturated rings. The van der Waals surface area contributed by atoms with Gasteiger partial charge in [-0.1, -0.05) is 26.8 Å². The second-order valence-corrected chi connectivity index (χ2v) is 13.1. The van der Waals surface area contributed by atoms with E-state index < -0.39 is 63.0 Å². The second-order valence-electron chi connectivity index (χ2n) is 10.8. The third-order valence-electron chi connectivity index (χ3n) is 7.27. The molecule has 1 aliphatic carbocycles. The van der Waals surface area contributed by atoms with Gasteiger partial charge in [0.15, 0.2) is 11.4 Å². The number of alkyl halides is 5. The molecule has 0 bridgehead atoms. The number of amides is 1. The number of carbonyl (C=O) groups is 1. The molecule has 0 atom stereocenters. The molecule has 0 unspecified atom stereocenters. The van der Waals surface area contributed by atoms with Crippen LogP contribution in [0.25, 0.3) is 5.69 Å². The van der Waals surface area contributed by atoms with Gasteiger partial charge in [-0.3, -0.25) is 9.36 Å². The zero-order chi connectivity index (χ0) is 30.0. The van der Waals surface area contributed by atoms with Crippen LogP contribution in [0.5, 0.6) is 5.75 Å². The summed E-state index contributed by atoms with van der Waals surface area (Å²) < 4.78 is 111. The summed E-state index contributed by atoms with van der Waals surface area (Å²) in [5, 5.41) is 2.19. The Morgan fingerprint density at radius 1 is 1.18 bits per heavy atom. The van der Waals surface area contributed by atoms with Crippen molar-refractivity contribution in [3.8, 4) is 11.4 Å². The predicted molar refractivity (Wildman–Crippen MR) is 136 cm³/mol. The van der Waals surface area contributed by atoms with Crippen molar-refractivity contribution in [1.82, 2.24) is 14.9 Å². The van der Waals surface area contributed by atoms with Crippen molar-refractivity contribution in [2.24, 2.45) is 11.3 Å². The maximum atomic E-state index is 15.6. The number of rotatable bonds is 10. The number of halogens is 6. The standard InChI is InChI=1S/C26H33F6N3O4S/c1-5-20-34-21(23(36)33-14-15-6-9-17(10-7-15)40(4,37)38)22(27)35(20)18-11-8-16(12-19(18)39-24(28)29)13-25(2,3)26(30,31)32/h8,11-12,15,17,24H,5-7,9-10,13-14H2,1-4H3,(H,33,36)/t15-,17-. The molecule has 1 aromatic carbocycles. The van der Waals surface area contributed by atoms with Crippen molar-refractivity contribution >= 4 is 15.7 Å². The maximum absolute atomic E-state index is 15.6. The van der Waals surface area contributed by atoms with Crippen LogP contribution in [0.2, 0.25) is 0 Å². The predicted octanol–water partition coefficient (Wildman–Crippen LogP) is 5.64. The molecule has 40 heavy (non-hydrogen) atoms. The van der Waals surface area contributed by atoms with Crippen molar-refractivity contribution in [3.05, 3.63) is 41.2 Å². The summed E-state index contributed by atoms with van der Waals surface area (Å²) in [5.74, 6) is -2.53. The number of ether oxygens (including phenoxy) is 1. The molecule has 1 N–H and O–H groups in total. The molecule has 1 aliphatic rings. The average molecular weight is 598 g/mol. The first-order chi connectivity index (χ1) is 18.4. The molecule has 3 rings (SSSR count). The fraction of sp³-hybridized carbons (Fsp3) is 0.615. The van der Waals surface area contributed by atoms with E-state index >= 15 is 4.39 Å². The summed E-state index contributed by atoms with van der Waals surface area (Å²) in [6, 6.07) is 3.42. The topological polar surface area (TPSA) is 90.3 Å². The molecule has 0 saturated heterocycles. The first kappa shape index (κ1) is 31.8. The lowest BCUT2D eigenvalue weighted by Crippen LogP contribution is -2.34. The van der Waals surface area contributed by atoms with Gasteiger partial charge < -0.3 is 10.1 Å². The van der Waals surface area contributed by atoms with Gasteiger partial charge in [-0.25, -0.2) is 13.4 Å². The molecule has 1 heterocycles. The molecule has 2 aromatic rings. The molecule has 224 valence electrons. The molecular formula is C26H33F6N3O4S. The van der Waals surface area contributed by atoms with Crippen molar-refractivity contribution < 1.29 is 44.3 Å². The molecule has 1 amide bonds. The Kier molecular flexibility index (Phi) is 9.52. The van der Waals surface area contributed by atoms with E-state index in [1.54, 1.807) is 6.92 Å². The summed E-state index contributed by atoms with van der Waals surface area (Å²) in [6.45, 7) is 0.380. The van der Waals surface area contributed by atoms with Crippen LogP contribution >= 0.6 is 0 Å². The fourth-order valence-electron chi connectivity index (χ4n) is 4.81. The van der Waals surface area contributed by atoms with Crippen molar-refractivity contribution in [2.45, 2.75) is 77.3 Å². The number of hydrogen-bond acceptors (Lipinski definition) is 5. The highest BCUT2D eigenvalue weighted by Crippen LogP contribution is 2.41.